The summed E-state index contributed by atoms with van der Waals surface area (Å²) in [4.78, 5) is 25.8. The van der Waals surface area contributed by atoms with Gasteiger partial charge in [-0.3, -0.25) is 4.79 Å². The minimum absolute atomic E-state index is 0.0218. The molecule has 25 heavy (non-hydrogen) atoms. The molecule has 2 aliphatic heterocycles. The van der Waals surface area contributed by atoms with Crippen molar-refractivity contribution in [3.05, 3.63) is 34.8 Å². The van der Waals surface area contributed by atoms with Crippen LogP contribution in [0.15, 0.2) is 29.2 Å². The van der Waals surface area contributed by atoms with Gasteiger partial charge in [0.05, 0.1) is 0 Å². The lowest BCUT2D eigenvalue weighted by Gasteiger charge is -2.34. The maximum absolute atomic E-state index is 12.3. The molecule has 2 saturated heterocycles. The predicted molar refractivity (Wildman–Crippen MR) is 100 cm³/mol. The number of amides is 1. The molecule has 0 saturated carbocycles. The molecule has 0 spiro atoms. The molecule has 7 heteroatoms. The Morgan fingerprint density at radius 1 is 1.12 bits per heavy atom. The van der Waals surface area contributed by atoms with Crippen LogP contribution in [0.25, 0.3) is 0 Å². The van der Waals surface area contributed by atoms with Crippen LogP contribution in [0, 0.1) is 0 Å². The molecule has 0 aromatic carbocycles. The Kier molecular flexibility index (Phi) is 4.83. The van der Waals surface area contributed by atoms with E-state index < -0.39 is 0 Å². The van der Waals surface area contributed by atoms with Gasteiger partial charge < -0.3 is 15.1 Å². The summed E-state index contributed by atoms with van der Waals surface area (Å²) < 4.78 is 0. The van der Waals surface area contributed by atoms with E-state index in [1.807, 2.05) is 16.8 Å². The monoisotopic (exact) mass is 357 g/mol. The Hall–Kier alpha value is -2.15. The third-order valence-electron chi connectivity index (χ3n) is 4.93. The van der Waals surface area contributed by atoms with E-state index in [-0.39, 0.29) is 11.9 Å². The number of hydrogen-bond donors (Lipinski definition) is 1. The Balaban J connectivity index is 1.42. The minimum Gasteiger partial charge on any atom is -0.356 e. The molecule has 1 N–H and O–H groups in total. The smallest absolute Gasteiger partial charge is 0.252 e. The molecule has 2 aliphatic rings. The summed E-state index contributed by atoms with van der Waals surface area (Å²) in [6.45, 7) is 3.93. The van der Waals surface area contributed by atoms with E-state index in [0.717, 1.165) is 56.2 Å². The maximum Gasteiger partial charge on any atom is 0.252 e. The van der Waals surface area contributed by atoms with E-state index in [9.17, 15) is 4.79 Å². The standard InChI is InChI=1S/C18H23N5OS/c24-18(14-5-9-25-12-14)21-15-4-3-8-23(11-15)17-10-16(19-13-20-17)22-6-1-2-7-22/h5,9-10,12-13,15H,1-4,6-8,11H2,(H,21,24)/t15-/m1/s1. The zero-order valence-corrected chi connectivity index (χ0v) is 15.0. The fraction of sp³-hybridized carbons (Fsp3) is 0.500. The molecule has 4 heterocycles. The lowest BCUT2D eigenvalue weighted by atomic mass is 10.1. The predicted octanol–water partition coefficient (Wildman–Crippen LogP) is 2.54. The highest BCUT2D eigenvalue weighted by molar-refractivity contribution is 7.08. The number of rotatable bonds is 4. The van der Waals surface area contributed by atoms with E-state index >= 15 is 0 Å². The Morgan fingerprint density at radius 3 is 2.64 bits per heavy atom. The van der Waals surface area contributed by atoms with Crippen molar-refractivity contribution in [1.82, 2.24) is 15.3 Å². The van der Waals surface area contributed by atoms with Gasteiger partial charge in [-0.2, -0.15) is 11.3 Å². The van der Waals surface area contributed by atoms with Gasteiger partial charge in [-0.25, -0.2) is 9.97 Å². The first-order valence-corrected chi connectivity index (χ1v) is 9.89. The van der Waals surface area contributed by atoms with E-state index in [4.69, 9.17) is 0 Å². The van der Waals surface area contributed by atoms with Crippen LogP contribution in [0.3, 0.4) is 0 Å². The highest BCUT2D eigenvalue weighted by Crippen LogP contribution is 2.23. The van der Waals surface area contributed by atoms with Crippen molar-refractivity contribution in [3.8, 4) is 0 Å². The summed E-state index contributed by atoms with van der Waals surface area (Å²) in [5, 5.41) is 6.99. The van der Waals surface area contributed by atoms with Crippen LogP contribution in [-0.2, 0) is 0 Å². The highest BCUT2D eigenvalue weighted by atomic mass is 32.1. The minimum atomic E-state index is 0.0218. The number of aromatic nitrogens is 2. The number of nitrogens with zero attached hydrogens (tertiary/aromatic N) is 4. The van der Waals surface area contributed by atoms with Gasteiger partial charge in [0.25, 0.3) is 5.91 Å². The van der Waals surface area contributed by atoms with Crippen LogP contribution >= 0.6 is 11.3 Å². The maximum atomic E-state index is 12.3. The molecule has 0 aliphatic carbocycles. The third kappa shape index (κ3) is 3.76. The fourth-order valence-corrected chi connectivity index (χ4v) is 4.23. The van der Waals surface area contributed by atoms with Crippen LogP contribution in [-0.4, -0.2) is 48.1 Å². The molecule has 0 unspecified atom stereocenters. The molecule has 2 fully saturated rings. The second-order valence-corrected chi connectivity index (χ2v) is 7.48. The average Bonchev–Trinajstić information content (AvgIpc) is 3.36. The van der Waals surface area contributed by atoms with E-state index in [2.05, 4.69) is 31.2 Å². The van der Waals surface area contributed by atoms with Gasteiger partial charge in [0.2, 0.25) is 0 Å². The Morgan fingerprint density at radius 2 is 1.88 bits per heavy atom. The van der Waals surface area contributed by atoms with Crippen molar-refractivity contribution < 1.29 is 4.79 Å². The summed E-state index contributed by atoms with van der Waals surface area (Å²) in [5.74, 6) is 2.01. The van der Waals surface area contributed by atoms with Gasteiger partial charge in [0.1, 0.15) is 18.0 Å². The zero-order chi connectivity index (χ0) is 17.1. The lowest BCUT2D eigenvalue weighted by molar-refractivity contribution is 0.0933. The molecule has 2 aromatic rings. The topological polar surface area (TPSA) is 61.4 Å². The van der Waals surface area contributed by atoms with Crippen LogP contribution in [0.2, 0.25) is 0 Å². The largest absolute Gasteiger partial charge is 0.356 e. The molecule has 6 nitrogen and oxygen atoms in total. The van der Waals surface area contributed by atoms with Crippen LogP contribution in [0.5, 0.6) is 0 Å². The summed E-state index contributed by atoms with van der Waals surface area (Å²) in [5.41, 5.74) is 0.750. The lowest BCUT2D eigenvalue weighted by Crippen LogP contribution is -2.48. The first-order chi connectivity index (χ1) is 12.3. The molecule has 4 rings (SSSR count). The quantitative estimate of drug-likeness (QED) is 0.911. The number of hydrogen-bond acceptors (Lipinski definition) is 6. The normalized spacial score (nSPS) is 20.7. The molecule has 1 amide bonds. The van der Waals surface area contributed by atoms with Gasteiger partial charge in [-0.15, -0.1) is 0 Å². The van der Waals surface area contributed by atoms with E-state index in [1.54, 1.807) is 17.7 Å². The number of piperidine rings is 1. The number of nitrogens with one attached hydrogen (secondary N) is 1. The summed E-state index contributed by atoms with van der Waals surface area (Å²) >= 11 is 1.55. The molecule has 132 valence electrons. The first kappa shape index (κ1) is 16.3. The van der Waals surface area contributed by atoms with Crippen molar-refractivity contribution >= 4 is 28.9 Å². The number of carbonyl (C=O) groups is 1. The van der Waals surface area contributed by atoms with E-state index in [1.165, 1.54) is 12.8 Å². The third-order valence-corrected chi connectivity index (χ3v) is 5.62. The van der Waals surface area contributed by atoms with Gasteiger partial charge in [0.15, 0.2) is 0 Å². The highest BCUT2D eigenvalue weighted by Gasteiger charge is 2.24. The van der Waals surface area contributed by atoms with Crippen molar-refractivity contribution in [3.63, 3.8) is 0 Å². The molecular formula is C18H23N5OS. The summed E-state index contributed by atoms with van der Waals surface area (Å²) in [7, 11) is 0. The van der Waals surface area contributed by atoms with Crippen molar-refractivity contribution in [1.29, 1.82) is 0 Å². The first-order valence-electron chi connectivity index (χ1n) is 8.94. The molecule has 0 bridgehead atoms. The molecule has 2 aromatic heterocycles. The Labute approximate surface area is 151 Å². The summed E-state index contributed by atoms with van der Waals surface area (Å²) in [6.07, 6.45) is 6.20. The van der Waals surface area contributed by atoms with Crippen LogP contribution in [0.1, 0.15) is 36.0 Å². The van der Waals surface area contributed by atoms with Crippen molar-refractivity contribution in [2.75, 3.05) is 36.0 Å². The number of thiophene rings is 1. The molecule has 1 atom stereocenters. The second-order valence-electron chi connectivity index (χ2n) is 6.70. The van der Waals surface area contributed by atoms with E-state index in [0.29, 0.717) is 0 Å². The van der Waals surface area contributed by atoms with Gasteiger partial charge in [-0.1, -0.05) is 0 Å². The average molecular weight is 357 g/mol. The van der Waals surface area contributed by atoms with Gasteiger partial charge >= 0.3 is 0 Å². The van der Waals surface area contributed by atoms with Crippen molar-refractivity contribution in [2.24, 2.45) is 0 Å². The summed E-state index contributed by atoms with van der Waals surface area (Å²) in [6, 6.07) is 4.12. The zero-order valence-electron chi connectivity index (χ0n) is 14.2. The molecule has 0 radical (unpaired) electrons. The van der Waals surface area contributed by atoms with Crippen molar-refractivity contribution in [2.45, 2.75) is 31.7 Å². The number of carbonyl (C=O) groups excluding carboxylic acids is 1. The SMILES string of the molecule is O=C(N[C@@H]1CCCN(c2cc(N3CCCC3)ncn2)C1)c1ccsc1. The number of anilines is 2. The second kappa shape index (κ2) is 7.39. The molecular weight excluding hydrogens is 334 g/mol. The van der Waals surface area contributed by atoms with Gasteiger partial charge in [0, 0.05) is 49.2 Å². The van der Waals surface area contributed by atoms with Crippen LogP contribution < -0.4 is 15.1 Å². The fourth-order valence-electron chi connectivity index (χ4n) is 3.59. The van der Waals surface area contributed by atoms with Gasteiger partial charge in [-0.05, 0) is 37.1 Å². The van der Waals surface area contributed by atoms with Crippen LogP contribution in [0.4, 0.5) is 11.6 Å². The Bertz CT molecular complexity index is 714.